The highest BCUT2D eigenvalue weighted by atomic mass is 16.3. The van der Waals surface area contributed by atoms with Crippen molar-refractivity contribution >= 4 is 32.6 Å². The van der Waals surface area contributed by atoms with Crippen molar-refractivity contribution in [1.82, 2.24) is 15.0 Å². The monoisotopic (exact) mass is 601 g/mol. The van der Waals surface area contributed by atoms with Crippen LogP contribution in [0.15, 0.2) is 168 Å². The molecular formula is C43H27N3O. The molecule has 0 saturated heterocycles. The van der Waals surface area contributed by atoms with E-state index in [2.05, 4.69) is 91.0 Å². The van der Waals surface area contributed by atoms with E-state index in [4.69, 9.17) is 19.4 Å². The molecule has 0 N–H and O–H groups in total. The van der Waals surface area contributed by atoms with Crippen LogP contribution in [0.3, 0.4) is 0 Å². The van der Waals surface area contributed by atoms with Crippen molar-refractivity contribution in [3.8, 4) is 56.5 Å². The maximum atomic E-state index is 6.40. The van der Waals surface area contributed by atoms with E-state index >= 15 is 0 Å². The Balaban J connectivity index is 1.10. The fourth-order valence-electron chi connectivity index (χ4n) is 6.32. The normalized spacial score (nSPS) is 11.4. The second-order valence-electron chi connectivity index (χ2n) is 11.7. The van der Waals surface area contributed by atoms with Gasteiger partial charge in [-0.1, -0.05) is 133 Å². The van der Waals surface area contributed by atoms with Crippen molar-refractivity contribution in [2.24, 2.45) is 0 Å². The minimum atomic E-state index is 0.635. The Kier molecular flexibility index (Phi) is 6.43. The second kappa shape index (κ2) is 11.2. The van der Waals surface area contributed by atoms with Crippen molar-refractivity contribution in [2.75, 3.05) is 0 Å². The van der Waals surface area contributed by atoms with Gasteiger partial charge in [0.1, 0.15) is 5.52 Å². The van der Waals surface area contributed by atoms with Gasteiger partial charge in [0.15, 0.2) is 11.4 Å². The molecule has 0 aliphatic rings. The summed E-state index contributed by atoms with van der Waals surface area (Å²) in [6, 6.07) is 56.3. The molecule has 0 aliphatic carbocycles. The molecule has 2 aromatic heterocycles. The van der Waals surface area contributed by atoms with E-state index in [0.717, 1.165) is 77.4 Å². The van der Waals surface area contributed by atoms with Gasteiger partial charge in [0.2, 0.25) is 5.89 Å². The number of fused-ring (bicyclic) bond motifs is 5. The van der Waals surface area contributed by atoms with Crippen LogP contribution < -0.4 is 0 Å². The Morgan fingerprint density at radius 2 is 0.936 bits per heavy atom. The molecular weight excluding hydrogens is 574 g/mol. The highest BCUT2D eigenvalue weighted by Gasteiger charge is 2.15. The number of rotatable bonds is 5. The summed E-state index contributed by atoms with van der Waals surface area (Å²) in [4.78, 5) is 14.8. The molecule has 0 atom stereocenters. The van der Waals surface area contributed by atoms with Crippen LogP contribution in [0.5, 0.6) is 0 Å². The average Bonchev–Trinajstić information content (AvgIpc) is 3.60. The minimum Gasteiger partial charge on any atom is -0.435 e. The Labute approximate surface area is 271 Å². The number of hydrogen-bond donors (Lipinski definition) is 0. The van der Waals surface area contributed by atoms with Gasteiger partial charge < -0.3 is 4.42 Å². The molecule has 47 heavy (non-hydrogen) atoms. The van der Waals surface area contributed by atoms with Crippen LogP contribution >= 0.6 is 0 Å². The van der Waals surface area contributed by atoms with Gasteiger partial charge in [-0.2, -0.15) is 0 Å². The maximum absolute atomic E-state index is 6.40. The van der Waals surface area contributed by atoms with Crippen molar-refractivity contribution in [2.45, 2.75) is 0 Å². The molecule has 4 nitrogen and oxygen atoms in total. The molecule has 9 aromatic rings. The van der Waals surface area contributed by atoms with Crippen LogP contribution in [-0.4, -0.2) is 15.0 Å². The van der Waals surface area contributed by atoms with E-state index in [1.807, 2.05) is 72.8 Å². The highest BCUT2D eigenvalue weighted by Crippen LogP contribution is 2.37. The van der Waals surface area contributed by atoms with Gasteiger partial charge >= 0.3 is 0 Å². The van der Waals surface area contributed by atoms with Gasteiger partial charge in [0, 0.05) is 27.6 Å². The zero-order chi connectivity index (χ0) is 31.2. The second-order valence-corrected chi connectivity index (χ2v) is 11.7. The first-order chi connectivity index (χ1) is 23.3. The molecule has 4 heteroatoms. The van der Waals surface area contributed by atoms with Crippen molar-refractivity contribution in [3.63, 3.8) is 0 Å². The maximum Gasteiger partial charge on any atom is 0.227 e. The van der Waals surface area contributed by atoms with Crippen LogP contribution in [0.1, 0.15) is 0 Å². The molecule has 0 unspecified atom stereocenters. The first-order valence-electron chi connectivity index (χ1n) is 15.7. The zero-order valence-corrected chi connectivity index (χ0v) is 25.3. The number of hydrogen-bond acceptors (Lipinski definition) is 4. The summed E-state index contributed by atoms with van der Waals surface area (Å²) >= 11 is 0. The lowest BCUT2D eigenvalue weighted by molar-refractivity contribution is 0.623. The zero-order valence-electron chi connectivity index (χ0n) is 25.3. The fourth-order valence-corrected chi connectivity index (χ4v) is 6.32. The smallest absolute Gasteiger partial charge is 0.227 e. The molecule has 0 bridgehead atoms. The lowest BCUT2D eigenvalue weighted by Crippen LogP contribution is -1.95. The number of benzene rings is 7. The molecule has 0 amide bonds. The van der Waals surface area contributed by atoms with E-state index in [0.29, 0.717) is 11.7 Å². The van der Waals surface area contributed by atoms with Crippen LogP contribution in [-0.2, 0) is 0 Å². The summed E-state index contributed by atoms with van der Waals surface area (Å²) < 4.78 is 6.40. The summed E-state index contributed by atoms with van der Waals surface area (Å²) in [6.07, 6.45) is 0. The van der Waals surface area contributed by atoms with Crippen molar-refractivity contribution in [3.05, 3.63) is 164 Å². The van der Waals surface area contributed by atoms with Gasteiger partial charge in [-0.15, -0.1) is 0 Å². The lowest BCUT2D eigenvalue weighted by atomic mass is 9.96. The first kappa shape index (κ1) is 27.0. The third kappa shape index (κ3) is 4.93. The molecule has 9 rings (SSSR count). The summed E-state index contributed by atoms with van der Waals surface area (Å²) in [5, 5.41) is 4.51. The molecule has 2 heterocycles. The lowest BCUT2D eigenvalue weighted by Gasteiger charge is -2.10. The molecule has 0 fully saturated rings. The van der Waals surface area contributed by atoms with Crippen molar-refractivity contribution in [1.29, 1.82) is 0 Å². The Morgan fingerprint density at radius 1 is 0.383 bits per heavy atom. The predicted octanol–water partition coefficient (Wildman–Crippen LogP) is 11.3. The van der Waals surface area contributed by atoms with E-state index in [1.54, 1.807) is 0 Å². The average molecular weight is 602 g/mol. The van der Waals surface area contributed by atoms with Gasteiger partial charge in [-0.05, 0) is 57.6 Å². The Morgan fingerprint density at radius 3 is 1.60 bits per heavy atom. The van der Waals surface area contributed by atoms with E-state index in [1.165, 1.54) is 0 Å². The third-order valence-corrected chi connectivity index (χ3v) is 8.72. The number of oxazole rings is 1. The van der Waals surface area contributed by atoms with Gasteiger partial charge in [0.25, 0.3) is 0 Å². The predicted molar refractivity (Wildman–Crippen MR) is 192 cm³/mol. The molecule has 0 radical (unpaired) electrons. The number of nitrogens with zero attached hydrogens (tertiary/aromatic N) is 3. The third-order valence-electron chi connectivity index (χ3n) is 8.72. The Bertz CT molecular complexity index is 2480. The standard InChI is InChI=1S/C43H27N3O/c1-4-10-29(11-5-1)38-27-39(30-12-6-2-7-13-30)45-42(44-38)32-19-16-28(17-20-32)34-22-24-36-35(26-34)21-18-31-23-25-37-41(40(31)36)47-43(46-37)33-14-8-3-9-15-33/h1-27H. The molecule has 220 valence electrons. The molecule has 7 aromatic carbocycles. The van der Waals surface area contributed by atoms with Gasteiger partial charge in [-0.3, -0.25) is 0 Å². The fraction of sp³-hybridized carbons (Fsp3) is 0. The van der Waals surface area contributed by atoms with Crippen LogP contribution in [0.4, 0.5) is 0 Å². The van der Waals surface area contributed by atoms with Gasteiger partial charge in [0.05, 0.1) is 11.4 Å². The van der Waals surface area contributed by atoms with Crippen molar-refractivity contribution < 1.29 is 4.42 Å². The van der Waals surface area contributed by atoms with Gasteiger partial charge in [-0.25, -0.2) is 15.0 Å². The van der Waals surface area contributed by atoms with Crippen LogP contribution in [0, 0.1) is 0 Å². The Hall–Kier alpha value is -6.39. The molecule has 0 spiro atoms. The molecule has 0 saturated carbocycles. The minimum absolute atomic E-state index is 0.635. The largest absolute Gasteiger partial charge is 0.435 e. The highest BCUT2D eigenvalue weighted by molar-refractivity contribution is 6.18. The molecule has 0 aliphatic heterocycles. The summed E-state index contributed by atoms with van der Waals surface area (Å²) in [5.41, 5.74) is 9.81. The quantitative estimate of drug-likeness (QED) is 0.184. The van der Waals surface area contributed by atoms with E-state index in [-0.39, 0.29) is 0 Å². The summed E-state index contributed by atoms with van der Waals surface area (Å²) in [7, 11) is 0. The van der Waals surface area contributed by atoms with E-state index in [9.17, 15) is 0 Å². The van der Waals surface area contributed by atoms with Crippen LogP contribution in [0.2, 0.25) is 0 Å². The summed E-state index contributed by atoms with van der Waals surface area (Å²) in [5.74, 6) is 1.34. The first-order valence-corrected chi connectivity index (χ1v) is 15.7. The van der Waals surface area contributed by atoms with E-state index < -0.39 is 0 Å². The summed E-state index contributed by atoms with van der Waals surface area (Å²) in [6.45, 7) is 0. The SMILES string of the molecule is c1ccc(-c2cc(-c3ccccc3)nc(-c3ccc(-c4ccc5c(ccc6ccc7nc(-c8ccccc8)oc7c65)c4)cc3)n2)cc1. The number of aromatic nitrogens is 3. The van der Waals surface area contributed by atoms with Crippen LogP contribution in [0.25, 0.3) is 89.1 Å². The topological polar surface area (TPSA) is 51.8 Å².